The number of hydrogen-bond acceptors (Lipinski definition) is 2. The first kappa shape index (κ1) is 12.1. The van der Waals surface area contributed by atoms with E-state index in [1.165, 1.54) is 0 Å². The lowest BCUT2D eigenvalue weighted by atomic mass is 9.93. The largest absolute Gasteiger partial charge is 0.392 e. The molecule has 0 aliphatic carbocycles. The SMILES string of the molecule is CC(C)(N)Cc1cc(F)c(F)cc1CO. The Labute approximate surface area is 87.7 Å². The van der Waals surface area contributed by atoms with Crippen molar-refractivity contribution in [2.24, 2.45) is 5.73 Å². The lowest BCUT2D eigenvalue weighted by Crippen LogP contribution is -2.34. The summed E-state index contributed by atoms with van der Waals surface area (Å²) in [5.74, 6) is -1.86. The molecule has 3 N–H and O–H groups in total. The van der Waals surface area contributed by atoms with Crippen LogP contribution >= 0.6 is 0 Å². The Morgan fingerprint density at radius 1 is 1.20 bits per heavy atom. The second kappa shape index (κ2) is 4.24. The predicted octanol–water partition coefficient (Wildman–Crippen LogP) is 1.74. The number of benzene rings is 1. The summed E-state index contributed by atoms with van der Waals surface area (Å²) in [4.78, 5) is 0. The van der Waals surface area contributed by atoms with E-state index in [1.807, 2.05) is 0 Å². The van der Waals surface area contributed by atoms with Gasteiger partial charge in [0.15, 0.2) is 11.6 Å². The highest BCUT2D eigenvalue weighted by molar-refractivity contribution is 5.29. The van der Waals surface area contributed by atoms with Gasteiger partial charge in [-0.15, -0.1) is 0 Å². The highest BCUT2D eigenvalue weighted by Gasteiger charge is 2.16. The van der Waals surface area contributed by atoms with Crippen molar-refractivity contribution < 1.29 is 13.9 Å². The molecular weight excluding hydrogens is 200 g/mol. The van der Waals surface area contributed by atoms with Crippen molar-refractivity contribution in [1.29, 1.82) is 0 Å². The van der Waals surface area contributed by atoms with Gasteiger partial charge in [-0.05, 0) is 43.5 Å². The van der Waals surface area contributed by atoms with E-state index < -0.39 is 17.2 Å². The van der Waals surface area contributed by atoms with Crippen molar-refractivity contribution in [3.63, 3.8) is 0 Å². The van der Waals surface area contributed by atoms with Gasteiger partial charge >= 0.3 is 0 Å². The molecule has 0 amide bonds. The fourth-order valence-corrected chi connectivity index (χ4v) is 1.43. The number of nitrogens with two attached hydrogens (primary N) is 1. The van der Waals surface area contributed by atoms with E-state index in [1.54, 1.807) is 13.8 Å². The molecule has 84 valence electrons. The molecule has 0 saturated heterocycles. The van der Waals surface area contributed by atoms with Gasteiger partial charge in [0.1, 0.15) is 0 Å². The van der Waals surface area contributed by atoms with Crippen LogP contribution in [0.25, 0.3) is 0 Å². The van der Waals surface area contributed by atoms with Gasteiger partial charge in [-0.1, -0.05) is 0 Å². The Morgan fingerprint density at radius 3 is 2.07 bits per heavy atom. The van der Waals surface area contributed by atoms with Crippen LogP contribution in [0.2, 0.25) is 0 Å². The summed E-state index contributed by atoms with van der Waals surface area (Å²) in [6.07, 6.45) is 0.389. The number of aliphatic hydroxyl groups is 1. The van der Waals surface area contributed by atoms with Crippen LogP contribution in [0.15, 0.2) is 12.1 Å². The van der Waals surface area contributed by atoms with Crippen LogP contribution in [0.5, 0.6) is 0 Å². The Kier molecular flexibility index (Phi) is 3.42. The third kappa shape index (κ3) is 3.25. The molecule has 0 saturated carbocycles. The lowest BCUT2D eigenvalue weighted by molar-refractivity contribution is 0.278. The molecule has 2 nitrogen and oxygen atoms in total. The molecule has 1 rings (SSSR count). The Hall–Kier alpha value is -1.00. The minimum Gasteiger partial charge on any atom is -0.392 e. The monoisotopic (exact) mass is 215 g/mol. The van der Waals surface area contributed by atoms with Crippen molar-refractivity contribution in [1.82, 2.24) is 0 Å². The first-order valence-electron chi connectivity index (χ1n) is 4.70. The van der Waals surface area contributed by atoms with Crippen molar-refractivity contribution in [3.05, 3.63) is 34.9 Å². The molecule has 0 aliphatic rings. The van der Waals surface area contributed by atoms with Crippen LogP contribution in [0.1, 0.15) is 25.0 Å². The number of hydrogen-bond donors (Lipinski definition) is 2. The van der Waals surface area contributed by atoms with Gasteiger partial charge < -0.3 is 10.8 Å². The van der Waals surface area contributed by atoms with Gasteiger partial charge in [0, 0.05) is 5.54 Å². The third-order valence-corrected chi connectivity index (χ3v) is 2.06. The van der Waals surface area contributed by atoms with E-state index in [-0.39, 0.29) is 6.61 Å². The molecule has 0 fully saturated rings. The number of rotatable bonds is 3. The molecule has 0 bridgehead atoms. The highest BCUT2D eigenvalue weighted by Crippen LogP contribution is 2.19. The summed E-state index contributed by atoms with van der Waals surface area (Å²) in [5, 5.41) is 9.00. The molecule has 0 spiro atoms. The summed E-state index contributed by atoms with van der Waals surface area (Å²) in [7, 11) is 0. The second-order valence-corrected chi connectivity index (χ2v) is 4.36. The Balaban J connectivity index is 3.11. The molecule has 0 unspecified atom stereocenters. The smallest absolute Gasteiger partial charge is 0.159 e. The zero-order chi connectivity index (χ0) is 11.6. The summed E-state index contributed by atoms with van der Waals surface area (Å²) < 4.78 is 25.8. The zero-order valence-corrected chi connectivity index (χ0v) is 8.85. The van der Waals surface area contributed by atoms with Crippen molar-refractivity contribution in [2.75, 3.05) is 0 Å². The molecule has 0 heterocycles. The normalized spacial score (nSPS) is 11.9. The molecule has 4 heteroatoms. The van der Waals surface area contributed by atoms with Gasteiger partial charge in [0.2, 0.25) is 0 Å². The fraction of sp³-hybridized carbons (Fsp3) is 0.455. The van der Waals surface area contributed by atoms with E-state index >= 15 is 0 Å². The van der Waals surface area contributed by atoms with Crippen LogP contribution in [-0.4, -0.2) is 10.6 Å². The van der Waals surface area contributed by atoms with Crippen LogP contribution < -0.4 is 5.73 Å². The molecular formula is C11H15F2NO. The molecule has 0 atom stereocenters. The summed E-state index contributed by atoms with van der Waals surface area (Å²) in [5.41, 5.74) is 6.19. The maximum Gasteiger partial charge on any atom is 0.159 e. The van der Waals surface area contributed by atoms with Crippen LogP contribution in [-0.2, 0) is 13.0 Å². The standard InChI is InChI=1S/C11H15F2NO/c1-11(2,14)5-7-3-9(12)10(13)4-8(7)6-15/h3-4,15H,5-6,14H2,1-2H3. The van der Waals surface area contributed by atoms with Crippen LogP contribution in [0, 0.1) is 11.6 Å². The average molecular weight is 215 g/mol. The van der Waals surface area contributed by atoms with E-state index in [0.29, 0.717) is 17.5 Å². The van der Waals surface area contributed by atoms with E-state index in [0.717, 1.165) is 12.1 Å². The highest BCUT2D eigenvalue weighted by atomic mass is 19.2. The molecule has 1 aromatic rings. The first-order valence-corrected chi connectivity index (χ1v) is 4.70. The van der Waals surface area contributed by atoms with Gasteiger partial charge in [0.05, 0.1) is 6.61 Å². The fourth-order valence-electron chi connectivity index (χ4n) is 1.43. The summed E-state index contributed by atoms with van der Waals surface area (Å²) in [6.45, 7) is 3.26. The third-order valence-electron chi connectivity index (χ3n) is 2.06. The minimum atomic E-state index is -0.947. The minimum absolute atomic E-state index is 0.317. The maximum absolute atomic E-state index is 13.0. The van der Waals surface area contributed by atoms with E-state index in [2.05, 4.69) is 0 Å². The predicted molar refractivity (Wildman–Crippen MR) is 54.3 cm³/mol. The molecule has 0 radical (unpaired) electrons. The quantitative estimate of drug-likeness (QED) is 0.806. The topological polar surface area (TPSA) is 46.2 Å². The van der Waals surface area contributed by atoms with Gasteiger partial charge in [-0.3, -0.25) is 0 Å². The number of aliphatic hydroxyl groups excluding tert-OH is 1. The van der Waals surface area contributed by atoms with Crippen LogP contribution in [0.3, 0.4) is 0 Å². The second-order valence-electron chi connectivity index (χ2n) is 4.36. The van der Waals surface area contributed by atoms with E-state index in [4.69, 9.17) is 10.8 Å². The lowest BCUT2D eigenvalue weighted by Gasteiger charge is -2.20. The molecule has 0 aliphatic heterocycles. The Bertz CT molecular complexity index is 358. The summed E-state index contributed by atoms with van der Waals surface area (Å²) >= 11 is 0. The van der Waals surface area contributed by atoms with Crippen LogP contribution in [0.4, 0.5) is 8.78 Å². The molecule has 1 aromatic carbocycles. The summed E-state index contributed by atoms with van der Waals surface area (Å²) in [6, 6.07) is 2.10. The van der Waals surface area contributed by atoms with Crippen molar-refractivity contribution in [3.8, 4) is 0 Å². The zero-order valence-electron chi connectivity index (χ0n) is 8.85. The first-order chi connectivity index (χ1) is 6.83. The molecule has 15 heavy (non-hydrogen) atoms. The average Bonchev–Trinajstić information content (AvgIpc) is 2.08. The van der Waals surface area contributed by atoms with Crippen molar-refractivity contribution >= 4 is 0 Å². The maximum atomic E-state index is 13.0. The Morgan fingerprint density at radius 2 is 1.67 bits per heavy atom. The van der Waals surface area contributed by atoms with Gasteiger partial charge in [0.25, 0.3) is 0 Å². The van der Waals surface area contributed by atoms with E-state index in [9.17, 15) is 8.78 Å². The van der Waals surface area contributed by atoms with Gasteiger partial charge in [-0.25, -0.2) is 8.78 Å². The molecule has 0 aromatic heterocycles. The number of halogens is 2. The van der Waals surface area contributed by atoms with Crippen molar-refractivity contribution in [2.45, 2.75) is 32.4 Å². The van der Waals surface area contributed by atoms with Gasteiger partial charge in [-0.2, -0.15) is 0 Å².